The maximum absolute atomic E-state index is 13.3. The third-order valence-electron chi connectivity index (χ3n) is 4.34. The van der Waals surface area contributed by atoms with Gasteiger partial charge in [-0.15, -0.1) is 0 Å². The van der Waals surface area contributed by atoms with E-state index in [1.807, 2.05) is 0 Å². The summed E-state index contributed by atoms with van der Waals surface area (Å²) in [5.74, 6) is -0.405. The fourth-order valence-corrected chi connectivity index (χ4v) is 3.01. The van der Waals surface area contributed by atoms with E-state index in [9.17, 15) is 14.3 Å². The second kappa shape index (κ2) is 8.58. The Labute approximate surface area is 156 Å². The van der Waals surface area contributed by atoms with Gasteiger partial charge in [-0.25, -0.2) is 4.39 Å². The highest BCUT2D eigenvalue weighted by Gasteiger charge is 2.26. The van der Waals surface area contributed by atoms with E-state index in [2.05, 4.69) is 4.98 Å². The Kier molecular flexibility index (Phi) is 6.19. The maximum Gasteiger partial charge on any atom is 0.227 e. The lowest BCUT2D eigenvalue weighted by Gasteiger charge is -2.33. The molecule has 0 radical (unpaired) electrons. The molecule has 1 saturated heterocycles. The molecular formula is C19H20ClFN2O3. The number of aliphatic hydroxyl groups excluding tert-OH is 1. The first-order valence-corrected chi connectivity index (χ1v) is 8.78. The van der Waals surface area contributed by atoms with E-state index in [0.717, 1.165) is 0 Å². The molecule has 0 unspecified atom stereocenters. The van der Waals surface area contributed by atoms with Crippen molar-refractivity contribution >= 4 is 17.5 Å². The van der Waals surface area contributed by atoms with Crippen molar-refractivity contribution in [2.75, 3.05) is 26.3 Å². The van der Waals surface area contributed by atoms with Crippen molar-refractivity contribution in [3.63, 3.8) is 0 Å². The number of aliphatic hydroxyl groups is 1. The molecular weight excluding hydrogens is 359 g/mol. The fourth-order valence-electron chi connectivity index (χ4n) is 2.80. The number of rotatable bonds is 7. The number of ether oxygens (including phenoxy) is 1. The van der Waals surface area contributed by atoms with E-state index in [1.54, 1.807) is 35.5 Å². The SMILES string of the molecule is O=C(Cc1ccc(F)c(Cl)c1)N(CC1COC1)C[C@@H](O)c1cccnc1. The Balaban J connectivity index is 1.69. The van der Waals surface area contributed by atoms with Crippen LogP contribution in [0.25, 0.3) is 0 Å². The molecule has 138 valence electrons. The van der Waals surface area contributed by atoms with E-state index in [-0.39, 0.29) is 29.8 Å². The van der Waals surface area contributed by atoms with Gasteiger partial charge in [0.2, 0.25) is 5.91 Å². The third kappa shape index (κ3) is 4.78. The van der Waals surface area contributed by atoms with Crippen LogP contribution >= 0.6 is 11.6 Å². The number of carbonyl (C=O) groups excluding carboxylic acids is 1. The van der Waals surface area contributed by atoms with Gasteiger partial charge in [-0.2, -0.15) is 0 Å². The van der Waals surface area contributed by atoms with Gasteiger partial charge in [0.05, 0.1) is 37.3 Å². The van der Waals surface area contributed by atoms with Gasteiger partial charge in [-0.3, -0.25) is 9.78 Å². The summed E-state index contributed by atoms with van der Waals surface area (Å²) in [6.45, 7) is 1.88. The van der Waals surface area contributed by atoms with Crippen LogP contribution in [0.4, 0.5) is 4.39 Å². The molecule has 1 amide bonds. The lowest BCUT2D eigenvalue weighted by atomic mass is 10.0. The average Bonchev–Trinajstić information content (AvgIpc) is 2.60. The first-order chi connectivity index (χ1) is 12.5. The average molecular weight is 379 g/mol. The van der Waals surface area contributed by atoms with Crippen LogP contribution in [-0.4, -0.2) is 47.2 Å². The summed E-state index contributed by atoms with van der Waals surface area (Å²) in [4.78, 5) is 18.4. The number of benzene rings is 1. The van der Waals surface area contributed by atoms with Crippen LogP contribution in [0, 0.1) is 11.7 Å². The molecule has 3 rings (SSSR count). The van der Waals surface area contributed by atoms with Gasteiger partial charge in [0.15, 0.2) is 0 Å². The summed E-state index contributed by atoms with van der Waals surface area (Å²) in [6.07, 6.45) is 2.47. The van der Waals surface area contributed by atoms with Gasteiger partial charge in [-0.05, 0) is 23.8 Å². The third-order valence-corrected chi connectivity index (χ3v) is 4.63. The van der Waals surface area contributed by atoms with Crippen molar-refractivity contribution in [3.05, 3.63) is 64.7 Å². The Morgan fingerprint density at radius 1 is 1.42 bits per heavy atom. The van der Waals surface area contributed by atoms with Crippen LogP contribution in [0.15, 0.2) is 42.7 Å². The summed E-state index contributed by atoms with van der Waals surface area (Å²) >= 11 is 5.79. The predicted octanol–water partition coefficient (Wildman–Crippen LogP) is 2.63. The van der Waals surface area contributed by atoms with Crippen LogP contribution in [0.3, 0.4) is 0 Å². The van der Waals surface area contributed by atoms with Crippen LogP contribution in [-0.2, 0) is 16.0 Å². The highest BCUT2D eigenvalue weighted by atomic mass is 35.5. The molecule has 1 aliphatic rings. The summed E-state index contributed by atoms with van der Waals surface area (Å²) < 4.78 is 18.5. The van der Waals surface area contributed by atoms with Crippen LogP contribution in [0.1, 0.15) is 17.2 Å². The number of hydrogen-bond acceptors (Lipinski definition) is 4. The highest BCUT2D eigenvalue weighted by molar-refractivity contribution is 6.30. The van der Waals surface area contributed by atoms with Crippen LogP contribution in [0.2, 0.25) is 5.02 Å². The van der Waals surface area contributed by atoms with Gasteiger partial charge in [0, 0.05) is 30.4 Å². The Morgan fingerprint density at radius 2 is 2.23 bits per heavy atom. The molecule has 1 aromatic carbocycles. The summed E-state index contributed by atoms with van der Waals surface area (Å²) in [5, 5.41) is 10.4. The zero-order chi connectivity index (χ0) is 18.5. The molecule has 2 aromatic rings. The van der Waals surface area contributed by atoms with Gasteiger partial charge < -0.3 is 14.7 Å². The molecule has 1 N–H and O–H groups in total. The zero-order valence-electron chi connectivity index (χ0n) is 14.1. The molecule has 5 nitrogen and oxygen atoms in total. The standard InChI is InChI=1S/C19H20ClFN2O3/c20-16-6-13(3-4-17(16)21)7-19(25)23(9-14-11-26-12-14)10-18(24)15-2-1-5-22-8-15/h1-6,8,14,18,24H,7,9-12H2/t18-/m1/s1. The first kappa shape index (κ1) is 18.8. The number of nitrogens with zero attached hydrogens (tertiary/aromatic N) is 2. The van der Waals surface area contributed by atoms with E-state index < -0.39 is 11.9 Å². The van der Waals surface area contributed by atoms with E-state index in [4.69, 9.17) is 16.3 Å². The molecule has 1 aromatic heterocycles. The van der Waals surface area contributed by atoms with Gasteiger partial charge in [0.1, 0.15) is 5.82 Å². The van der Waals surface area contributed by atoms with Crippen molar-refractivity contribution in [2.24, 2.45) is 5.92 Å². The molecule has 7 heteroatoms. The van der Waals surface area contributed by atoms with Crippen LogP contribution in [0.5, 0.6) is 0 Å². The lowest BCUT2D eigenvalue weighted by Crippen LogP contribution is -2.44. The van der Waals surface area contributed by atoms with E-state index in [0.29, 0.717) is 30.9 Å². The predicted molar refractivity (Wildman–Crippen MR) is 95.2 cm³/mol. The maximum atomic E-state index is 13.3. The van der Waals surface area contributed by atoms with Crippen molar-refractivity contribution < 1.29 is 19.0 Å². The topological polar surface area (TPSA) is 62.7 Å². The molecule has 0 aliphatic carbocycles. The van der Waals surface area contributed by atoms with Gasteiger partial charge >= 0.3 is 0 Å². The second-order valence-electron chi connectivity index (χ2n) is 6.43. The Hall–Kier alpha value is -2.02. The molecule has 1 fully saturated rings. The highest BCUT2D eigenvalue weighted by Crippen LogP contribution is 2.20. The van der Waals surface area contributed by atoms with Gasteiger partial charge in [0.25, 0.3) is 0 Å². The largest absolute Gasteiger partial charge is 0.386 e. The number of carbonyl (C=O) groups is 1. The van der Waals surface area contributed by atoms with E-state index >= 15 is 0 Å². The molecule has 1 aliphatic heterocycles. The van der Waals surface area contributed by atoms with Crippen molar-refractivity contribution in [1.29, 1.82) is 0 Å². The number of hydrogen-bond donors (Lipinski definition) is 1. The minimum atomic E-state index is -0.828. The molecule has 1 atom stereocenters. The van der Waals surface area contributed by atoms with Crippen molar-refractivity contribution in [3.8, 4) is 0 Å². The summed E-state index contributed by atoms with van der Waals surface area (Å²) in [5.41, 5.74) is 1.28. The first-order valence-electron chi connectivity index (χ1n) is 8.40. The second-order valence-corrected chi connectivity index (χ2v) is 6.84. The molecule has 0 saturated carbocycles. The monoisotopic (exact) mass is 378 g/mol. The number of aromatic nitrogens is 1. The number of amides is 1. The van der Waals surface area contributed by atoms with Crippen LogP contribution < -0.4 is 0 Å². The lowest BCUT2D eigenvalue weighted by molar-refractivity contribution is -0.135. The smallest absolute Gasteiger partial charge is 0.227 e. The Bertz CT molecular complexity index is 756. The molecule has 26 heavy (non-hydrogen) atoms. The molecule has 0 bridgehead atoms. The number of pyridine rings is 1. The minimum absolute atomic E-state index is 0.00959. The summed E-state index contributed by atoms with van der Waals surface area (Å²) in [6, 6.07) is 7.76. The zero-order valence-corrected chi connectivity index (χ0v) is 14.9. The van der Waals surface area contributed by atoms with Crippen molar-refractivity contribution in [2.45, 2.75) is 12.5 Å². The molecule has 2 heterocycles. The Morgan fingerprint density at radius 3 is 2.85 bits per heavy atom. The van der Waals surface area contributed by atoms with Crippen molar-refractivity contribution in [1.82, 2.24) is 9.88 Å². The normalized spacial score (nSPS) is 15.3. The van der Waals surface area contributed by atoms with E-state index in [1.165, 1.54) is 12.1 Å². The molecule has 0 spiro atoms. The minimum Gasteiger partial charge on any atom is -0.386 e. The number of halogens is 2. The van der Waals surface area contributed by atoms with Gasteiger partial charge in [-0.1, -0.05) is 23.7 Å². The fraction of sp³-hybridized carbons (Fsp3) is 0.368. The quantitative estimate of drug-likeness (QED) is 0.804. The summed E-state index contributed by atoms with van der Waals surface area (Å²) in [7, 11) is 0.